The zero-order chi connectivity index (χ0) is 11.4. The normalized spacial score (nSPS) is 15.9. The average Bonchev–Trinajstić information content (AvgIpc) is 2.28. The standard InChI is InChI=1S/C12H18ClN3/c1-2-16(9-10-4-3-5-10)12-8-14-7-11(6-13)15-12/h7-8,10H,2-6,9H2,1H3. The van der Waals surface area contributed by atoms with Gasteiger partial charge in [0.1, 0.15) is 5.82 Å². The van der Waals surface area contributed by atoms with Gasteiger partial charge in [0.05, 0.1) is 17.8 Å². The smallest absolute Gasteiger partial charge is 0.147 e. The Kier molecular flexibility index (Phi) is 3.99. The molecule has 0 N–H and O–H groups in total. The number of hydrogen-bond acceptors (Lipinski definition) is 3. The van der Waals surface area contributed by atoms with Crippen molar-refractivity contribution in [3.8, 4) is 0 Å². The maximum atomic E-state index is 5.77. The van der Waals surface area contributed by atoms with Gasteiger partial charge < -0.3 is 4.90 Å². The van der Waals surface area contributed by atoms with Crippen LogP contribution in [0.25, 0.3) is 0 Å². The molecular weight excluding hydrogens is 222 g/mol. The predicted molar refractivity (Wildman–Crippen MR) is 66.8 cm³/mol. The fraction of sp³-hybridized carbons (Fsp3) is 0.667. The molecule has 1 aliphatic rings. The van der Waals surface area contributed by atoms with Gasteiger partial charge in [-0.05, 0) is 25.7 Å². The van der Waals surface area contributed by atoms with Gasteiger partial charge in [0.2, 0.25) is 0 Å². The first-order valence-electron chi connectivity index (χ1n) is 5.95. The van der Waals surface area contributed by atoms with Gasteiger partial charge in [0.25, 0.3) is 0 Å². The SMILES string of the molecule is CCN(CC1CCC1)c1cncc(CCl)n1. The lowest BCUT2D eigenvalue weighted by Gasteiger charge is -2.32. The van der Waals surface area contributed by atoms with Gasteiger partial charge in [-0.1, -0.05) is 6.42 Å². The van der Waals surface area contributed by atoms with Crippen LogP contribution in [0.15, 0.2) is 12.4 Å². The minimum atomic E-state index is 0.432. The molecule has 0 atom stereocenters. The van der Waals surface area contributed by atoms with Crippen molar-refractivity contribution >= 4 is 17.4 Å². The molecule has 4 heteroatoms. The average molecular weight is 240 g/mol. The van der Waals surface area contributed by atoms with E-state index >= 15 is 0 Å². The summed E-state index contributed by atoms with van der Waals surface area (Å²) in [6.07, 6.45) is 7.67. The molecule has 0 spiro atoms. The number of halogens is 1. The molecule has 0 saturated heterocycles. The summed E-state index contributed by atoms with van der Waals surface area (Å²) in [7, 11) is 0. The molecule has 1 fully saturated rings. The van der Waals surface area contributed by atoms with Crippen LogP contribution >= 0.6 is 11.6 Å². The van der Waals surface area contributed by atoms with Gasteiger partial charge in [-0.2, -0.15) is 0 Å². The fourth-order valence-corrected chi connectivity index (χ4v) is 2.11. The molecule has 0 radical (unpaired) electrons. The molecule has 0 aliphatic heterocycles. The minimum absolute atomic E-state index is 0.432. The first kappa shape index (κ1) is 11.6. The maximum Gasteiger partial charge on any atom is 0.147 e. The summed E-state index contributed by atoms with van der Waals surface area (Å²) in [6, 6.07) is 0. The summed E-state index contributed by atoms with van der Waals surface area (Å²) in [5.74, 6) is 2.25. The molecule has 0 bridgehead atoms. The van der Waals surface area contributed by atoms with Crippen LogP contribution in [0.4, 0.5) is 5.82 Å². The van der Waals surface area contributed by atoms with Crippen LogP contribution in [-0.2, 0) is 5.88 Å². The maximum absolute atomic E-state index is 5.77. The first-order valence-corrected chi connectivity index (χ1v) is 6.48. The van der Waals surface area contributed by atoms with E-state index in [4.69, 9.17) is 11.6 Å². The number of nitrogens with zero attached hydrogens (tertiary/aromatic N) is 3. The Morgan fingerprint density at radius 1 is 1.44 bits per heavy atom. The lowest BCUT2D eigenvalue weighted by atomic mass is 9.85. The van der Waals surface area contributed by atoms with Gasteiger partial charge in [0, 0.05) is 19.3 Å². The molecule has 1 aromatic heterocycles. The van der Waals surface area contributed by atoms with Crippen molar-refractivity contribution < 1.29 is 0 Å². The van der Waals surface area contributed by atoms with E-state index in [9.17, 15) is 0 Å². The van der Waals surface area contributed by atoms with Crippen LogP contribution < -0.4 is 4.90 Å². The van der Waals surface area contributed by atoms with Crippen molar-refractivity contribution in [3.05, 3.63) is 18.1 Å². The molecule has 16 heavy (non-hydrogen) atoms. The van der Waals surface area contributed by atoms with Crippen molar-refractivity contribution in [2.24, 2.45) is 5.92 Å². The number of alkyl halides is 1. The zero-order valence-corrected chi connectivity index (χ0v) is 10.5. The monoisotopic (exact) mass is 239 g/mol. The van der Waals surface area contributed by atoms with Crippen LogP contribution in [0.5, 0.6) is 0 Å². The lowest BCUT2D eigenvalue weighted by molar-refractivity contribution is 0.318. The second-order valence-electron chi connectivity index (χ2n) is 4.34. The molecule has 1 aliphatic carbocycles. The summed E-state index contributed by atoms with van der Waals surface area (Å²) in [4.78, 5) is 11.0. The molecule has 0 aromatic carbocycles. The Bertz CT molecular complexity index is 339. The second-order valence-corrected chi connectivity index (χ2v) is 4.61. The molecule has 0 amide bonds. The van der Waals surface area contributed by atoms with E-state index in [1.54, 1.807) is 6.20 Å². The number of aromatic nitrogens is 2. The highest BCUT2D eigenvalue weighted by Gasteiger charge is 2.20. The third-order valence-corrected chi connectivity index (χ3v) is 3.49. The summed E-state index contributed by atoms with van der Waals surface area (Å²) >= 11 is 5.77. The van der Waals surface area contributed by atoms with Crippen LogP contribution in [0.3, 0.4) is 0 Å². The summed E-state index contributed by atoms with van der Waals surface area (Å²) < 4.78 is 0. The molecule has 3 nitrogen and oxygen atoms in total. The van der Waals surface area contributed by atoms with E-state index in [-0.39, 0.29) is 0 Å². The first-order chi connectivity index (χ1) is 7.83. The summed E-state index contributed by atoms with van der Waals surface area (Å²) in [6.45, 7) is 4.25. The molecule has 1 heterocycles. The Labute approximate surface area is 102 Å². The van der Waals surface area contributed by atoms with Crippen LogP contribution in [0.2, 0.25) is 0 Å². The predicted octanol–water partition coefficient (Wildman–Crippen LogP) is 2.84. The fourth-order valence-electron chi connectivity index (χ4n) is 1.98. The summed E-state index contributed by atoms with van der Waals surface area (Å²) in [5, 5.41) is 0. The van der Waals surface area contributed by atoms with Crippen LogP contribution in [-0.4, -0.2) is 23.1 Å². The molecule has 1 aromatic rings. The van der Waals surface area contributed by atoms with E-state index < -0.39 is 0 Å². The Morgan fingerprint density at radius 2 is 2.25 bits per heavy atom. The molecule has 1 saturated carbocycles. The van der Waals surface area contributed by atoms with Gasteiger partial charge in [0.15, 0.2) is 0 Å². The van der Waals surface area contributed by atoms with Crippen molar-refractivity contribution in [1.29, 1.82) is 0 Å². The largest absolute Gasteiger partial charge is 0.355 e. The lowest BCUT2D eigenvalue weighted by Crippen LogP contribution is -2.33. The zero-order valence-electron chi connectivity index (χ0n) is 9.69. The number of hydrogen-bond donors (Lipinski definition) is 0. The second kappa shape index (κ2) is 5.48. The minimum Gasteiger partial charge on any atom is -0.355 e. The molecule has 88 valence electrons. The third kappa shape index (κ3) is 2.64. The van der Waals surface area contributed by atoms with E-state index in [0.717, 1.165) is 30.5 Å². The van der Waals surface area contributed by atoms with Crippen molar-refractivity contribution in [1.82, 2.24) is 9.97 Å². The Hall–Kier alpha value is -0.830. The van der Waals surface area contributed by atoms with Crippen molar-refractivity contribution in [2.45, 2.75) is 32.1 Å². The van der Waals surface area contributed by atoms with E-state index in [0.29, 0.717) is 5.88 Å². The number of anilines is 1. The molecular formula is C12H18ClN3. The van der Waals surface area contributed by atoms with Crippen molar-refractivity contribution in [2.75, 3.05) is 18.0 Å². The van der Waals surface area contributed by atoms with Crippen LogP contribution in [0.1, 0.15) is 31.9 Å². The van der Waals surface area contributed by atoms with Crippen LogP contribution in [0, 0.1) is 5.92 Å². The van der Waals surface area contributed by atoms with Crippen molar-refractivity contribution in [3.63, 3.8) is 0 Å². The quantitative estimate of drug-likeness (QED) is 0.740. The van der Waals surface area contributed by atoms with E-state index in [1.807, 2.05) is 6.20 Å². The summed E-state index contributed by atoms with van der Waals surface area (Å²) in [5.41, 5.74) is 0.853. The van der Waals surface area contributed by atoms with Gasteiger partial charge >= 0.3 is 0 Å². The van der Waals surface area contributed by atoms with Gasteiger partial charge in [-0.25, -0.2) is 4.98 Å². The molecule has 0 unspecified atom stereocenters. The highest BCUT2D eigenvalue weighted by molar-refractivity contribution is 6.16. The highest BCUT2D eigenvalue weighted by Crippen LogP contribution is 2.28. The van der Waals surface area contributed by atoms with E-state index in [1.165, 1.54) is 19.3 Å². The molecule has 2 rings (SSSR count). The Morgan fingerprint density at radius 3 is 2.81 bits per heavy atom. The highest BCUT2D eigenvalue weighted by atomic mass is 35.5. The Balaban J connectivity index is 2.05. The number of rotatable bonds is 5. The van der Waals surface area contributed by atoms with E-state index in [2.05, 4.69) is 21.8 Å². The topological polar surface area (TPSA) is 29.0 Å². The third-order valence-electron chi connectivity index (χ3n) is 3.22. The van der Waals surface area contributed by atoms with Gasteiger partial charge in [-0.15, -0.1) is 11.6 Å². The van der Waals surface area contributed by atoms with Gasteiger partial charge in [-0.3, -0.25) is 4.98 Å².